The molecule has 1 saturated heterocycles. The lowest BCUT2D eigenvalue weighted by molar-refractivity contribution is -0.745. The Morgan fingerprint density at radius 2 is 2.04 bits per heavy atom. The van der Waals surface area contributed by atoms with Crippen molar-refractivity contribution in [2.24, 2.45) is 0 Å². The van der Waals surface area contributed by atoms with Gasteiger partial charge in [0.15, 0.2) is 18.5 Å². The van der Waals surface area contributed by atoms with Gasteiger partial charge in [-0.15, -0.1) is 0 Å². The van der Waals surface area contributed by atoms with Gasteiger partial charge in [0.05, 0.1) is 6.61 Å². The van der Waals surface area contributed by atoms with Crippen LogP contribution in [0.3, 0.4) is 0 Å². The van der Waals surface area contributed by atoms with Crippen LogP contribution in [-0.4, -0.2) is 66.5 Å². The van der Waals surface area contributed by atoms with Crippen LogP contribution in [0.2, 0.25) is 0 Å². The molecule has 150 valence electrons. The molecule has 14 nitrogen and oxygen atoms in total. The summed E-state index contributed by atoms with van der Waals surface area (Å²) in [5.41, 5.74) is 6.40. The fourth-order valence-electron chi connectivity index (χ4n) is 2.59. The van der Waals surface area contributed by atoms with Crippen molar-refractivity contribution in [2.45, 2.75) is 24.5 Å². The minimum atomic E-state index is -4.87. The number of nitrogens with two attached hydrogens (primary N) is 1. The maximum Gasteiger partial charge on any atom is 0.479 e. The minimum absolute atomic E-state index is 0.165. The van der Waals surface area contributed by atoms with Crippen LogP contribution in [0, 0.1) is 0 Å². The average molecular weight is 426 g/mol. The summed E-state index contributed by atoms with van der Waals surface area (Å²) in [5, 5.41) is 20.4. The summed E-state index contributed by atoms with van der Waals surface area (Å²) in [5.74, 6) is 0.165. The molecule has 6 atom stereocenters. The Balaban J connectivity index is 1.75. The summed E-state index contributed by atoms with van der Waals surface area (Å²) >= 11 is 0. The van der Waals surface area contributed by atoms with Gasteiger partial charge in [0.1, 0.15) is 18.3 Å². The highest BCUT2D eigenvalue weighted by molar-refractivity contribution is 7.63. The molecule has 0 aliphatic carbocycles. The van der Waals surface area contributed by atoms with Gasteiger partial charge in [0.2, 0.25) is 11.7 Å². The number of hydrogen-bond donors (Lipinski definition) is 6. The highest BCUT2D eigenvalue weighted by Gasteiger charge is 2.47. The number of aromatic amines is 1. The smallest absolute Gasteiger partial charge is 0.387 e. The first kappa shape index (κ1) is 20.3. The SMILES string of the molecule is CP(=O)(O)OP(=O)(O)OC[C@H]1O[C@@H]([n+]2c[nH]c3c(N)ncnc32)[C@@H](O)C1O. The molecule has 0 saturated carbocycles. The van der Waals surface area contributed by atoms with Gasteiger partial charge in [-0.1, -0.05) is 4.98 Å². The number of imidazole rings is 1. The molecule has 3 heterocycles. The Morgan fingerprint density at radius 3 is 2.70 bits per heavy atom. The summed E-state index contributed by atoms with van der Waals surface area (Å²) in [4.78, 5) is 29.1. The van der Waals surface area contributed by atoms with Crippen molar-refractivity contribution in [2.75, 3.05) is 19.0 Å². The number of phosphoric acid groups is 1. The van der Waals surface area contributed by atoms with Crippen LogP contribution < -0.4 is 10.3 Å². The van der Waals surface area contributed by atoms with Crippen molar-refractivity contribution in [3.05, 3.63) is 12.7 Å². The Kier molecular flexibility index (Phi) is 5.38. The van der Waals surface area contributed by atoms with Gasteiger partial charge in [-0.2, -0.15) is 4.98 Å². The van der Waals surface area contributed by atoms with E-state index >= 15 is 0 Å². The topological polar surface area (TPSA) is 214 Å². The highest BCUT2D eigenvalue weighted by Crippen LogP contribution is 2.58. The molecular weight excluding hydrogens is 408 g/mol. The molecule has 1 aliphatic heterocycles. The summed E-state index contributed by atoms with van der Waals surface area (Å²) in [6.45, 7) is 0.0175. The first-order valence-electron chi connectivity index (χ1n) is 7.48. The Hall–Kier alpha value is -1.47. The van der Waals surface area contributed by atoms with Crippen molar-refractivity contribution in [1.82, 2.24) is 15.0 Å². The maximum absolute atomic E-state index is 11.6. The lowest BCUT2D eigenvalue weighted by Crippen LogP contribution is -2.45. The number of phosphoric ester groups is 1. The number of rotatable bonds is 6. The largest absolute Gasteiger partial charge is 0.479 e. The van der Waals surface area contributed by atoms with E-state index < -0.39 is 46.6 Å². The lowest BCUT2D eigenvalue weighted by Gasteiger charge is -2.17. The fourth-order valence-corrected chi connectivity index (χ4v) is 4.65. The molecule has 27 heavy (non-hydrogen) atoms. The molecule has 0 bridgehead atoms. The molecule has 2 aromatic heterocycles. The molecule has 0 spiro atoms. The van der Waals surface area contributed by atoms with Crippen molar-refractivity contribution in [1.29, 1.82) is 0 Å². The molecule has 16 heteroatoms. The first-order chi connectivity index (χ1) is 12.5. The summed E-state index contributed by atoms with van der Waals surface area (Å²) in [7, 11) is -9.16. The predicted octanol–water partition coefficient (Wildman–Crippen LogP) is -1.60. The average Bonchev–Trinajstić information content (AvgIpc) is 3.07. The van der Waals surface area contributed by atoms with E-state index in [9.17, 15) is 24.2 Å². The Morgan fingerprint density at radius 1 is 1.33 bits per heavy atom. The molecule has 0 aromatic carbocycles. The molecule has 1 aliphatic rings. The normalized spacial score (nSPS) is 30.3. The third kappa shape index (κ3) is 4.35. The first-order valence-corrected chi connectivity index (χ1v) is 11.0. The summed E-state index contributed by atoms with van der Waals surface area (Å²) in [6.07, 6.45) is -2.68. The van der Waals surface area contributed by atoms with Crippen LogP contribution >= 0.6 is 15.4 Å². The predicted molar refractivity (Wildman–Crippen MR) is 87.0 cm³/mol. The molecule has 0 amide bonds. The molecular formula is C11H18N5O9P2+. The van der Waals surface area contributed by atoms with Crippen LogP contribution in [0.25, 0.3) is 11.2 Å². The number of aliphatic hydroxyl groups excluding tert-OH is 2. The number of aliphatic hydroxyl groups is 2. The van der Waals surface area contributed by atoms with Crippen LogP contribution in [-0.2, 0) is 22.7 Å². The second-order valence-electron chi connectivity index (χ2n) is 5.83. The fraction of sp³-hybridized carbons (Fsp3) is 0.545. The van der Waals surface area contributed by atoms with Gasteiger partial charge in [0, 0.05) is 6.66 Å². The number of hydrogen-bond acceptors (Lipinski definition) is 10. The Bertz CT molecular complexity index is 932. The van der Waals surface area contributed by atoms with Gasteiger partial charge in [-0.25, -0.2) is 13.4 Å². The number of anilines is 1. The van der Waals surface area contributed by atoms with E-state index in [1.165, 1.54) is 17.2 Å². The lowest BCUT2D eigenvalue weighted by atomic mass is 10.1. The summed E-state index contributed by atoms with van der Waals surface area (Å²) in [6, 6.07) is 0. The van der Waals surface area contributed by atoms with Crippen molar-refractivity contribution < 1.29 is 47.3 Å². The van der Waals surface area contributed by atoms with Crippen molar-refractivity contribution in [3.63, 3.8) is 0 Å². The molecule has 1 fully saturated rings. The third-order valence-electron chi connectivity index (χ3n) is 3.72. The van der Waals surface area contributed by atoms with E-state index in [-0.39, 0.29) is 5.82 Å². The van der Waals surface area contributed by atoms with Crippen LogP contribution in [0.4, 0.5) is 5.82 Å². The monoisotopic (exact) mass is 426 g/mol. The quantitative estimate of drug-likeness (QED) is 0.227. The molecule has 3 rings (SSSR count). The number of aromatic nitrogens is 4. The van der Waals surface area contributed by atoms with Crippen molar-refractivity contribution in [3.8, 4) is 0 Å². The van der Waals surface area contributed by atoms with Gasteiger partial charge >= 0.3 is 21.1 Å². The van der Waals surface area contributed by atoms with E-state index in [1.807, 2.05) is 0 Å². The number of nitrogens with one attached hydrogen (secondary N) is 1. The second-order valence-corrected chi connectivity index (χ2v) is 9.29. The van der Waals surface area contributed by atoms with Gasteiger partial charge in [-0.05, 0) is 0 Å². The minimum Gasteiger partial charge on any atom is -0.387 e. The van der Waals surface area contributed by atoms with E-state index in [1.54, 1.807) is 0 Å². The van der Waals surface area contributed by atoms with Gasteiger partial charge in [-0.3, -0.25) is 14.1 Å². The van der Waals surface area contributed by atoms with E-state index in [0.717, 1.165) is 0 Å². The molecule has 2 aromatic rings. The Labute approximate surface area is 151 Å². The van der Waals surface area contributed by atoms with Gasteiger partial charge < -0.3 is 30.5 Å². The maximum atomic E-state index is 11.6. The van der Waals surface area contributed by atoms with Crippen LogP contribution in [0.1, 0.15) is 6.23 Å². The number of nitrogens with zero attached hydrogens (tertiary/aromatic N) is 3. The van der Waals surface area contributed by atoms with Crippen molar-refractivity contribution >= 4 is 32.4 Å². The van der Waals surface area contributed by atoms with Crippen LogP contribution in [0.15, 0.2) is 12.7 Å². The van der Waals surface area contributed by atoms with E-state index in [0.29, 0.717) is 17.8 Å². The standard InChI is InChI=1S/C11H17N5O9P2/c1-26(19,20)25-27(21,22)23-2-5-7(17)8(18)11(24-5)16-4-15-6-9(12)13-3-14-10(6)16/h3-5,7-8,11,17-18H,2H2,1H3,(H4,12,13,14,19,20,21,22)/p+1/t5-,7?,8+,11-/m1/s1. The number of H-pyrrole nitrogens is 1. The van der Waals surface area contributed by atoms with Crippen LogP contribution in [0.5, 0.6) is 0 Å². The third-order valence-corrected chi connectivity index (χ3v) is 6.23. The summed E-state index contributed by atoms with van der Waals surface area (Å²) < 4.78 is 38.2. The van der Waals surface area contributed by atoms with E-state index in [2.05, 4.69) is 23.8 Å². The zero-order chi connectivity index (χ0) is 20.0. The number of fused-ring (bicyclic) bond motifs is 1. The zero-order valence-electron chi connectivity index (χ0n) is 13.8. The zero-order valence-corrected chi connectivity index (χ0v) is 15.6. The second kappa shape index (κ2) is 7.17. The molecule has 7 N–H and O–H groups in total. The number of nitrogen functional groups attached to an aromatic ring is 1. The van der Waals surface area contributed by atoms with Gasteiger partial charge in [0.25, 0.3) is 0 Å². The van der Waals surface area contributed by atoms with E-state index in [4.69, 9.17) is 15.4 Å². The highest BCUT2D eigenvalue weighted by atomic mass is 31.3. The number of ether oxygens (including phenoxy) is 1. The molecule has 3 unspecified atom stereocenters. The molecule has 0 radical (unpaired) electrons.